The fourth-order valence-corrected chi connectivity index (χ4v) is 3.09. The fraction of sp³-hybridized carbons (Fsp3) is 0.176. The Morgan fingerprint density at radius 2 is 2.12 bits per heavy atom. The molecular formula is C17H15N5O2S. The summed E-state index contributed by atoms with van der Waals surface area (Å²) in [4.78, 5) is 24.9. The number of hydrogen-bond donors (Lipinski definition) is 2. The van der Waals surface area contributed by atoms with Gasteiger partial charge in [-0.1, -0.05) is 23.4 Å². The Bertz CT molecular complexity index is 956. The number of thiophene rings is 1. The van der Waals surface area contributed by atoms with Crippen LogP contribution in [0.1, 0.15) is 18.1 Å². The number of para-hydroxylation sites is 2. The standard InChI is InChI=1S/C17H15N5O2S/c23-15(18-10-14-19-11-4-1-2-5-12(11)20-14)7-8-16-21-17(22-24-16)13-6-3-9-25-13/h1-6,9H,7-8,10H2,(H,18,23)(H,19,20). The van der Waals surface area contributed by atoms with Gasteiger partial charge in [-0.3, -0.25) is 4.79 Å². The van der Waals surface area contributed by atoms with Crippen LogP contribution in [0.15, 0.2) is 46.3 Å². The Balaban J connectivity index is 1.29. The van der Waals surface area contributed by atoms with E-state index in [-0.39, 0.29) is 12.3 Å². The van der Waals surface area contributed by atoms with Crippen molar-refractivity contribution >= 4 is 28.3 Å². The van der Waals surface area contributed by atoms with Crippen LogP contribution in [-0.2, 0) is 17.8 Å². The number of amides is 1. The molecule has 7 nitrogen and oxygen atoms in total. The number of aromatic amines is 1. The van der Waals surface area contributed by atoms with E-state index in [9.17, 15) is 4.79 Å². The highest BCUT2D eigenvalue weighted by atomic mass is 32.1. The maximum Gasteiger partial charge on any atom is 0.227 e. The number of aryl methyl sites for hydroxylation is 1. The summed E-state index contributed by atoms with van der Waals surface area (Å²) in [6.07, 6.45) is 0.691. The molecule has 0 spiro atoms. The van der Waals surface area contributed by atoms with E-state index in [0.717, 1.165) is 21.7 Å². The van der Waals surface area contributed by atoms with Gasteiger partial charge in [0.1, 0.15) is 5.82 Å². The third-order valence-electron chi connectivity index (χ3n) is 3.67. The molecule has 0 aliphatic heterocycles. The van der Waals surface area contributed by atoms with Gasteiger partial charge in [0.2, 0.25) is 17.6 Å². The molecule has 0 saturated heterocycles. The summed E-state index contributed by atoms with van der Waals surface area (Å²) in [5, 5.41) is 8.73. The summed E-state index contributed by atoms with van der Waals surface area (Å²) in [5.41, 5.74) is 1.84. The minimum atomic E-state index is -0.0867. The number of nitrogens with one attached hydrogen (secondary N) is 2. The summed E-state index contributed by atoms with van der Waals surface area (Å²) in [6.45, 7) is 0.359. The zero-order chi connectivity index (χ0) is 17.1. The average Bonchev–Trinajstić information content (AvgIpc) is 3.37. The van der Waals surface area contributed by atoms with Crippen molar-refractivity contribution in [3.63, 3.8) is 0 Å². The van der Waals surface area contributed by atoms with Crippen molar-refractivity contribution in [2.45, 2.75) is 19.4 Å². The number of H-pyrrole nitrogens is 1. The van der Waals surface area contributed by atoms with Crippen LogP contribution < -0.4 is 5.32 Å². The lowest BCUT2D eigenvalue weighted by Gasteiger charge is -2.01. The zero-order valence-corrected chi connectivity index (χ0v) is 14.0. The van der Waals surface area contributed by atoms with Gasteiger partial charge in [0.05, 0.1) is 22.5 Å². The Morgan fingerprint density at radius 3 is 2.96 bits per heavy atom. The highest BCUT2D eigenvalue weighted by Crippen LogP contribution is 2.21. The summed E-state index contributed by atoms with van der Waals surface area (Å²) < 4.78 is 5.19. The SMILES string of the molecule is O=C(CCc1nc(-c2cccs2)no1)NCc1nc2ccccc2[nH]1. The molecule has 0 radical (unpaired) electrons. The van der Waals surface area contributed by atoms with Crippen molar-refractivity contribution < 1.29 is 9.32 Å². The zero-order valence-electron chi connectivity index (χ0n) is 13.2. The van der Waals surface area contributed by atoms with Crippen molar-refractivity contribution in [1.82, 2.24) is 25.4 Å². The first-order chi connectivity index (χ1) is 12.3. The van der Waals surface area contributed by atoms with E-state index in [1.165, 1.54) is 0 Å². The molecule has 126 valence electrons. The van der Waals surface area contributed by atoms with Gasteiger partial charge in [-0.2, -0.15) is 4.98 Å². The Kier molecular flexibility index (Phi) is 4.26. The third kappa shape index (κ3) is 3.58. The van der Waals surface area contributed by atoms with Crippen LogP contribution in [0.4, 0.5) is 0 Å². The molecule has 8 heteroatoms. The number of nitrogens with zero attached hydrogens (tertiary/aromatic N) is 3. The van der Waals surface area contributed by atoms with Gasteiger partial charge in [-0.25, -0.2) is 4.98 Å². The number of carbonyl (C=O) groups excluding carboxylic acids is 1. The van der Waals surface area contributed by atoms with Crippen molar-refractivity contribution in [2.24, 2.45) is 0 Å². The molecule has 25 heavy (non-hydrogen) atoms. The normalized spacial score (nSPS) is 11.0. The monoisotopic (exact) mass is 353 g/mol. The largest absolute Gasteiger partial charge is 0.349 e. The maximum absolute atomic E-state index is 12.0. The van der Waals surface area contributed by atoms with E-state index in [0.29, 0.717) is 24.7 Å². The molecule has 3 heterocycles. The van der Waals surface area contributed by atoms with Crippen molar-refractivity contribution in [1.29, 1.82) is 0 Å². The number of benzene rings is 1. The van der Waals surface area contributed by atoms with Crippen molar-refractivity contribution in [3.05, 3.63) is 53.5 Å². The predicted molar refractivity (Wildman–Crippen MR) is 93.9 cm³/mol. The van der Waals surface area contributed by atoms with Crippen LogP contribution in [0, 0.1) is 0 Å². The lowest BCUT2D eigenvalue weighted by molar-refractivity contribution is -0.121. The second-order valence-corrected chi connectivity index (χ2v) is 6.41. The first-order valence-electron chi connectivity index (χ1n) is 7.85. The summed E-state index contributed by atoms with van der Waals surface area (Å²) in [6, 6.07) is 11.6. The Morgan fingerprint density at radius 1 is 1.20 bits per heavy atom. The van der Waals surface area contributed by atoms with Crippen LogP contribution in [0.3, 0.4) is 0 Å². The number of imidazole rings is 1. The van der Waals surface area contributed by atoms with Crippen molar-refractivity contribution in [3.8, 4) is 10.7 Å². The molecule has 0 bridgehead atoms. The fourth-order valence-electron chi connectivity index (χ4n) is 2.44. The average molecular weight is 353 g/mol. The minimum Gasteiger partial charge on any atom is -0.349 e. The number of rotatable bonds is 6. The molecule has 4 rings (SSSR count). The molecule has 0 unspecified atom stereocenters. The summed E-state index contributed by atoms with van der Waals surface area (Å²) >= 11 is 1.55. The lowest BCUT2D eigenvalue weighted by atomic mass is 10.3. The van der Waals surface area contributed by atoms with Gasteiger partial charge in [0.25, 0.3) is 0 Å². The maximum atomic E-state index is 12.0. The number of fused-ring (bicyclic) bond motifs is 1. The number of hydrogen-bond acceptors (Lipinski definition) is 6. The van der Waals surface area contributed by atoms with Gasteiger partial charge >= 0.3 is 0 Å². The number of aromatic nitrogens is 4. The van der Waals surface area contributed by atoms with Gasteiger partial charge in [-0.15, -0.1) is 11.3 Å². The molecule has 0 saturated carbocycles. The Labute approximate surface area is 147 Å². The Hall–Kier alpha value is -3.00. The third-order valence-corrected chi connectivity index (χ3v) is 4.53. The van der Waals surface area contributed by atoms with Gasteiger partial charge in [-0.05, 0) is 23.6 Å². The van der Waals surface area contributed by atoms with Gasteiger partial charge < -0.3 is 14.8 Å². The molecule has 3 aromatic heterocycles. The van der Waals surface area contributed by atoms with Crippen LogP contribution >= 0.6 is 11.3 Å². The minimum absolute atomic E-state index is 0.0867. The van der Waals surface area contributed by atoms with Gasteiger partial charge in [0.15, 0.2) is 0 Å². The first kappa shape index (κ1) is 15.5. The van der Waals surface area contributed by atoms with E-state index in [4.69, 9.17) is 4.52 Å². The van der Waals surface area contributed by atoms with E-state index in [2.05, 4.69) is 25.4 Å². The second-order valence-electron chi connectivity index (χ2n) is 5.47. The van der Waals surface area contributed by atoms with Crippen LogP contribution in [0.2, 0.25) is 0 Å². The summed E-state index contributed by atoms with van der Waals surface area (Å²) in [5.74, 6) is 1.67. The predicted octanol–water partition coefficient (Wildman–Crippen LogP) is 2.92. The van der Waals surface area contributed by atoms with E-state index in [1.54, 1.807) is 11.3 Å². The van der Waals surface area contributed by atoms with Crippen molar-refractivity contribution in [2.75, 3.05) is 0 Å². The molecular weight excluding hydrogens is 338 g/mol. The van der Waals surface area contributed by atoms with Crippen LogP contribution in [0.25, 0.3) is 21.7 Å². The highest BCUT2D eigenvalue weighted by molar-refractivity contribution is 7.13. The molecule has 1 amide bonds. The molecule has 0 aliphatic rings. The molecule has 4 aromatic rings. The van der Waals surface area contributed by atoms with Crippen LogP contribution in [0.5, 0.6) is 0 Å². The molecule has 0 atom stereocenters. The first-order valence-corrected chi connectivity index (χ1v) is 8.73. The summed E-state index contributed by atoms with van der Waals surface area (Å²) in [7, 11) is 0. The molecule has 1 aromatic carbocycles. The number of carbonyl (C=O) groups is 1. The molecule has 0 fully saturated rings. The molecule has 0 aliphatic carbocycles. The highest BCUT2D eigenvalue weighted by Gasteiger charge is 2.11. The molecule has 2 N–H and O–H groups in total. The second kappa shape index (κ2) is 6.86. The smallest absolute Gasteiger partial charge is 0.227 e. The van der Waals surface area contributed by atoms with Crippen LogP contribution in [-0.4, -0.2) is 26.0 Å². The van der Waals surface area contributed by atoms with E-state index < -0.39 is 0 Å². The van der Waals surface area contributed by atoms with E-state index in [1.807, 2.05) is 41.8 Å². The lowest BCUT2D eigenvalue weighted by Crippen LogP contribution is -2.23. The topological polar surface area (TPSA) is 96.7 Å². The van der Waals surface area contributed by atoms with E-state index >= 15 is 0 Å². The quantitative estimate of drug-likeness (QED) is 0.555. The van der Waals surface area contributed by atoms with Gasteiger partial charge in [0, 0.05) is 12.8 Å².